The van der Waals surface area contributed by atoms with Gasteiger partial charge >= 0.3 is 6.18 Å². The van der Waals surface area contributed by atoms with Crippen LogP contribution in [0, 0.1) is 11.3 Å². The molecule has 5 nitrogen and oxygen atoms in total. The van der Waals surface area contributed by atoms with E-state index in [4.69, 9.17) is 0 Å². The van der Waals surface area contributed by atoms with Crippen LogP contribution in [0.1, 0.15) is 31.1 Å². The summed E-state index contributed by atoms with van der Waals surface area (Å²) in [5, 5.41) is 4.21. The Morgan fingerprint density at radius 1 is 1.23 bits per heavy atom. The summed E-state index contributed by atoms with van der Waals surface area (Å²) in [7, 11) is 0. The Hall–Kier alpha value is -1.45. The van der Waals surface area contributed by atoms with Crippen LogP contribution in [0.3, 0.4) is 0 Å². The molecular formula is C21H28F3N5S. The van der Waals surface area contributed by atoms with Gasteiger partial charge in [0.25, 0.3) is 0 Å². The molecular weight excluding hydrogens is 411 g/mol. The lowest BCUT2D eigenvalue weighted by Crippen LogP contribution is -2.62. The van der Waals surface area contributed by atoms with Crippen LogP contribution in [0.2, 0.25) is 0 Å². The lowest BCUT2D eigenvalue weighted by molar-refractivity contribution is -0.126. The molecule has 3 fully saturated rings. The lowest BCUT2D eigenvalue weighted by Gasteiger charge is -2.53. The minimum Gasteiger partial charge on any atom is -0.355 e. The number of rotatable bonds is 4. The third-order valence-electron chi connectivity index (χ3n) is 7.19. The molecule has 3 aliphatic rings. The largest absolute Gasteiger partial charge is 0.393 e. The van der Waals surface area contributed by atoms with E-state index >= 15 is 0 Å². The fraction of sp³-hybridized carbons (Fsp3) is 0.714. The molecule has 5 rings (SSSR count). The maximum absolute atomic E-state index is 12.8. The van der Waals surface area contributed by atoms with Crippen LogP contribution in [0.15, 0.2) is 12.4 Å². The van der Waals surface area contributed by atoms with Gasteiger partial charge in [0.15, 0.2) is 0 Å². The predicted octanol–water partition coefficient (Wildman–Crippen LogP) is 3.70. The van der Waals surface area contributed by atoms with Gasteiger partial charge in [0.2, 0.25) is 0 Å². The van der Waals surface area contributed by atoms with Gasteiger partial charge < -0.3 is 10.2 Å². The SMILES string of the molecule is C[C@H](C1CCNCC1)N1CC2(CCN(c3ncnc4sc(CC(F)(F)F)cc34)C2)C1. The van der Waals surface area contributed by atoms with Gasteiger partial charge in [-0.3, -0.25) is 4.90 Å². The number of hydrogen-bond donors (Lipinski definition) is 1. The first-order valence-electron chi connectivity index (χ1n) is 10.8. The lowest BCUT2D eigenvalue weighted by atomic mass is 9.76. The Balaban J connectivity index is 1.27. The highest BCUT2D eigenvalue weighted by molar-refractivity contribution is 7.18. The van der Waals surface area contributed by atoms with E-state index in [1.807, 2.05) is 0 Å². The minimum atomic E-state index is -4.20. The second-order valence-corrected chi connectivity index (χ2v) is 10.4. The number of hydrogen-bond acceptors (Lipinski definition) is 6. The molecule has 3 aliphatic heterocycles. The molecule has 9 heteroatoms. The topological polar surface area (TPSA) is 44.3 Å². The second-order valence-electron chi connectivity index (χ2n) is 9.33. The maximum atomic E-state index is 12.8. The smallest absolute Gasteiger partial charge is 0.355 e. The van der Waals surface area contributed by atoms with Gasteiger partial charge in [-0.2, -0.15) is 13.2 Å². The third kappa shape index (κ3) is 3.91. The Morgan fingerprint density at radius 3 is 2.73 bits per heavy atom. The third-order valence-corrected chi connectivity index (χ3v) is 8.23. The number of piperidine rings is 1. The van der Waals surface area contributed by atoms with Crippen LogP contribution in [-0.2, 0) is 6.42 Å². The van der Waals surface area contributed by atoms with Crippen molar-refractivity contribution in [2.75, 3.05) is 44.2 Å². The molecule has 1 atom stereocenters. The van der Waals surface area contributed by atoms with E-state index in [2.05, 4.69) is 32.0 Å². The highest BCUT2D eigenvalue weighted by atomic mass is 32.1. The van der Waals surface area contributed by atoms with E-state index in [1.54, 1.807) is 6.07 Å². The molecule has 0 aliphatic carbocycles. The molecule has 0 unspecified atom stereocenters. The molecule has 164 valence electrons. The molecule has 30 heavy (non-hydrogen) atoms. The van der Waals surface area contributed by atoms with E-state index in [0.29, 0.717) is 21.2 Å². The summed E-state index contributed by atoms with van der Waals surface area (Å²) in [6, 6.07) is 2.26. The van der Waals surface area contributed by atoms with Crippen molar-refractivity contribution in [2.45, 2.75) is 44.8 Å². The first-order chi connectivity index (χ1) is 14.3. The summed E-state index contributed by atoms with van der Waals surface area (Å²) in [5.74, 6) is 1.58. The normalized spacial score (nSPS) is 23.9. The number of nitrogens with one attached hydrogen (secondary N) is 1. The quantitative estimate of drug-likeness (QED) is 0.787. The van der Waals surface area contributed by atoms with Gasteiger partial charge in [-0.1, -0.05) is 0 Å². The van der Waals surface area contributed by atoms with Gasteiger partial charge in [-0.05, 0) is 51.3 Å². The van der Waals surface area contributed by atoms with Gasteiger partial charge in [0.1, 0.15) is 17.0 Å². The van der Waals surface area contributed by atoms with Crippen molar-refractivity contribution in [3.63, 3.8) is 0 Å². The van der Waals surface area contributed by atoms with Crippen LogP contribution in [-0.4, -0.2) is 66.4 Å². The molecule has 1 spiro atoms. The van der Waals surface area contributed by atoms with Gasteiger partial charge in [-0.15, -0.1) is 11.3 Å². The highest BCUT2D eigenvalue weighted by Crippen LogP contribution is 2.44. The number of thiophene rings is 1. The summed E-state index contributed by atoms with van der Waals surface area (Å²) in [6.45, 7) is 8.70. The van der Waals surface area contributed by atoms with Crippen molar-refractivity contribution in [1.29, 1.82) is 0 Å². The van der Waals surface area contributed by atoms with E-state index < -0.39 is 12.6 Å². The van der Waals surface area contributed by atoms with E-state index in [-0.39, 0.29) is 0 Å². The average Bonchev–Trinajstić information content (AvgIpc) is 3.29. The fourth-order valence-electron chi connectivity index (χ4n) is 5.53. The standard InChI is InChI=1S/C21H28F3N5S/c1-14(15-2-5-25-6-3-15)29-11-20(12-29)4-7-28(10-20)18-17-8-16(9-21(22,23)24)30-19(17)27-13-26-18/h8,13-15,25H,2-7,9-12H2,1H3/t14-/m1/s1. The van der Waals surface area contributed by atoms with Crippen molar-refractivity contribution in [3.05, 3.63) is 17.3 Å². The first kappa shape index (κ1) is 20.5. The number of fused-ring (bicyclic) bond motifs is 1. The Bertz CT molecular complexity index is 902. The minimum absolute atomic E-state index is 0.295. The van der Waals surface area contributed by atoms with Crippen LogP contribution in [0.5, 0.6) is 0 Å². The summed E-state index contributed by atoms with van der Waals surface area (Å²) < 4.78 is 38.4. The molecule has 2 aromatic heterocycles. The molecule has 0 bridgehead atoms. The van der Waals surface area contributed by atoms with Crippen molar-refractivity contribution >= 4 is 27.4 Å². The number of anilines is 1. The molecule has 1 N–H and O–H groups in total. The van der Waals surface area contributed by atoms with E-state index in [9.17, 15) is 13.2 Å². The zero-order valence-electron chi connectivity index (χ0n) is 17.2. The molecule has 5 heterocycles. The van der Waals surface area contributed by atoms with E-state index in [1.165, 1.54) is 19.2 Å². The van der Waals surface area contributed by atoms with Crippen molar-refractivity contribution in [3.8, 4) is 0 Å². The monoisotopic (exact) mass is 439 g/mol. The Labute approximate surface area is 178 Å². The number of alkyl halides is 3. The molecule has 0 aromatic carbocycles. The Morgan fingerprint density at radius 2 is 2.00 bits per heavy atom. The molecule has 0 saturated carbocycles. The van der Waals surface area contributed by atoms with Crippen molar-refractivity contribution < 1.29 is 13.2 Å². The number of aromatic nitrogens is 2. The number of likely N-dealkylation sites (tertiary alicyclic amines) is 1. The summed E-state index contributed by atoms with van der Waals surface area (Å²) in [5.41, 5.74) is 0.295. The zero-order valence-corrected chi connectivity index (χ0v) is 18.0. The average molecular weight is 440 g/mol. The highest BCUT2D eigenvalue weighted by Gasteiger charge is 2.50. The molecule has 3 saturated heterocycles. The van der Waals surface area contributed by atoms with Crippen molar-refractivity contribution in [2.24, 2.45) is 11.3 Å². The fourth-order valence-corrected chi connectivity index (χ4v) is 6.55. The molecule has 0 radical (unpaired) electrons. The first-order valence-corrected chi connectivity index (χ1v) is 11.6. The molecule has 0 amide bonds. The number of halogens is 3. The number of nitrogens with zero attached hydrogens (tertiary/aromatic N) is 4. The van der Waals surface area contributed by atoms with Crippen LogP contribution < -0.4 is 10.2 Å². The zero-order chi connectivity index (χ0) is 20.9. The van der Waals surface area contributed by atoms with E-state index in [0.717, 1.165) is 74.1 Å². The van der Waals surface area contributed by atoms with Gasteiger partial charge in [0, 0.05) is 42.5 Å². The Kier molecular flexibility index (Phi) is 5.18. The molecule has 2 aromatic rings. The van der Waals surface area contributed by atoms with Crippen LogP contribution in [0.25, 0.3) is 10.2 Å². The van der Waals surface area contributed by atoms with Crippen molar-refractivity contribution in [1.82, 2.24) is 20.2 Å². The van der Waals surface area contributed by atoms with Gasteiger partial charge in [-0.25, -0.2) is 9.97 Å². The summed E-state index contributed by atoms with van der Waals surface area (Å²) in [4.78, 5) is 14.5. The van der Waals surface area contributed by atoms with Crippen LogP contribution >= 0.6 is 11.3 Å². The predicted molar refractivity (Wildman–Crippen MR) is 113 cm³/mol. The van der Waals surface area contributed by atoms with Crippen LogP contribution in [0.4, 0.5) is 19.0 Å². The van der Waals surface area contributed by atoms with Gasteiger partial charge in [0.05, 0.1) is 11.8 Å². The maximum Gasteiger partial charge on any atom is 0.393 e. The summed E-state index contributed by atoms with van der Waals surface area (Å²) in [6.07, 6.45) is 0.0200. The summed E-state index contributed by atoms with van der Waals surface area (Å²) >= 11 is 1.13. The second kappa shape index (κ2) is 7.60.